The zero-order chi connectivity index (χ0) is 12.1. The summed E-state index contributed by atoms with van der Waals surface area (Å²) in [6.07, 6.45) is 11.6. The highest BCUT2D eigenvalue weighted by Gasteiger charge is 2.31. The summed E-state index contributed by atoms with van der Waals surface area (Å²) in [5.41, 5.74) is 6.00. The van der Waals surface area contributed by atoms with Crippen LogP contribution in [0.15, 0.2) is 0 Å². The molecule has 0 aromatic heterocycles. The molecule has 0 saturated heterocycles. The van der Waals surface area contributed by atoms with Crippen molar-refractivity contribution in [3.8, 4) is 0 Å². The second-order valence-corrected chi connectivity index (χ2v) is 6.04. The van der Waals surface area contributed by atoms with Crippen LogP contribution in [0.1, 0.15) is 64.2 Å². The number of nitrogens with one attached hydrogen (secondary N) is 1. The summed E-state index contributed by atoms with van der Waals surface area (Å²) in [7, 11) is 0. The van der Waals surface area contributed by atoms with Gasteiger partial charge in [-0.05, 0) is 25.2 Å². The molecule has 0 spiro atoms. The van der Waals surface area contributed by atoms with Crippen LogP contribution in [0.2, 0.25) is 0 Å². The quantitative estimate of drug-likeness (QED) is 0.772. The van der Waals surface area contributed by atoms with Gasteiger partial charge in [-0.25, -0.2) is 0 Å². The second kappa shape index (κ2) is 5.85. The molecular formula is C14H26N2O. The summed E-state index contributed by atoms with van der Waals surface area (Å²) < 4.78 is 0. The molecule has 0 aromatic carbocycles. The summed E-state index contributed by atoms with van der Waals surface area (Å²) in [5.74, 6) is 1.01. The summed E-state index contributed by atoms with van der Waals surface area (Å²) in [5, 5.41) is 3.04. The Morgan fingerprint density at radius 1 is 1.18 bits per heavy atom. The van der Waals surface area contributed by atoms with Gasteiger partial charge in [0.15, 0.2) is 0 Å². The molecule has 2 saturated carbocycles. The van der Waals surface area contributed by atoms with Gasteiger partial charge in [0.25, 0.3) is 0 Å². The maximum atomic E-state index is 11.8. The minimum absolute atomic E-state index is 0.160. The number of nitrogens with two attached hydrogens (primary N) is 1. The van der Waals surface area contributed by atoms with E-state index in [-0.39, 0.29) is 11.4 Å². The van der Waals surface area contributed by atoms with Gasteiger partial charge in [-0.3, -0.25) is 4.79 Å². The summed E-state index contributed by atoms with van der Waals surface area (Å²) in [6, 6.07) is 0. The van der Waals surface area contributed by atoms with Gasteiger partial charge in [0.05, 0.1) is 0 Å². The molecule has 0 unspecified atom stereocenters. The molecule has 2 rings (SSSR count). The Labute approximate surface area is 105 Å². The third-order valence-electron chi connectivity index (χ3n) is 4.46. The molecule has 0 atom stereocenters. The summed E-state index contributed by atoms with van der Waals surface area (Å²) >= 11 is 0. The number of carbonyl (C=O) groups excluding carboxylic acids is 1. The molecule has 2 aliphatic carbocycles. The van der Waals surface area contributed by atoms with E-state index in [1.165, 1.54) is 38.5 Å². The Balaban J connectivity index is 1.60. The lowest BCUT2D eigenvalue weighted by Gasteiger charge is -2.22. The van der Waals surface area contributed by atoms with E-state index < -0.39 is 0 Å². The van der Waals surface area contributed by atoms with Crippen molar-refractivity contribution < 1.29 is 4.79 Å². The fourth-order valence-corrected chi connectivity index (χ4v) is 3.35. The highest BCUT2D eigenvalue weighted by atomic mass is 16.1. The Morgan fingerprint density at radius 2 is 1.82 bits per heavy atom. The Kier molecular flexibility index (Phi) is 4.43. The van der Waals surface area contributed by atoms with E-state index in [0.29, 0.717) is 6.42 Å². The largest absolute Gasteiger partial charge is 0.356 e. The Hall–Kier alpha value is -0.570. The van der Waals surface area contributed by atoms with Gasteiger partial charge in [0, 0.05) is 18.5 Å². The van der Waals surface area contributed by atoms with E-state index in [1.807, 2.05) is 0 Å². The molecule has 3 heteroatoms. The maximum absolute atomic E-state index is 11.8. The molecule has 3 nitrogen and oxygen atoms in total. The maximum Gasteiger partial charge on any atom is 0.221 e. The molecule has 2 fully saturated rings. The van der Waals surface area contributed by atoms with Crippen LogP contribution < -0.4 is 11.1 Å². The van der Waals surface area contributed by atoms with Crippen LogP contribution in [-0.2, 0) is 4.79 Å². The second-order valence-electron chi connectivity index (χ2n) is 6.04. The Morgan fingerprint density at radius 3 is 2.47 bits per heavy atom. The van der Waals surface area contributed by atoms with Crippen molar-refractivity contribution >= 4 is 5.91 Å². The number of rotatable bonds is 5. The molecule has 3 N–H and O–H groups in total. The van der Waals surface area contributed by atoms with Crippen molar-refractivity contribution in [2.45, 2.75) is 69.7 Å². The zero-order valence-corrected chi connectivity index (χ0v) is 10.8. The van der Waals surface area contributed by atoms with Crippen LogP contribution >= 0.6 is 0 Å². The first-order valence-corrected chi connectivity index (χ1v) is 7.24. The average Bonchev–Trinajstić information content (AvgIpc) is 2.90. The molecule has 0 aliphatic heterocycles. The fourth-order valence-electron chi connectivity index (χ4n) is 3.35. The lowest BCUT2D eigenvalue weighted by molar-refractivity contribution is -0.122. The lowest BCUT2D eigenvalue weighted by atomic mass is 9.94. The molecule has 0 aromatic rings. The van der Waals surface area contributed by atoms with E-state index in [9.17, 15) is 4.79 Å². The fraction of sp³-hybridized carbons (Fsp3) is 0.929. The average molecular weight is 238 g/mol. The number of hydrogen-bond donors (Lipinski definition) is 2. The molecular weight excluding hydrogens is 212 g/mol. The normalized spacial score (nSPS) is 24.1. The predicted molar refractivity (Wildman–Crippen MR) is 69.6 cm³/mol. The van der Waals surface area contributed by atoms with Crippen LogP contribution in [0.4, 0.5) is 0 Å². The van der Waals surface area contributed by atoms with Crippen LogP contribution in [0, 0.1) is 5.92 Å². The summed E-state index contributed by atoms with van der Waals surface area (Å²) in [6.45, 7) is 0.847. The number of carbonyl (C=O) groups is 1. The topological polar surface area (TPSA) is 55.1 Å². The molecule has 17 heavy (non-hydrogen) atoms. The Bertz CT molecular complexity index is 253. The molecule has 2 aliphatic rings. The van der Waals surface area contributed by atoms with Crippen molar-refractivity contribution in [2.75, 3.05) is 6.54 Å². The minimum Gasteiger partial charge on any atom is -0.356 e. The van der Waals surface area contributed by atoms with Gasteiger partial charge < -0.3 is 11.1 Å². The van der Waals surface area contributed by atoms with Crippen LogP contribution in [0.3, 0.4) is 0 Å². The third-order valence-corrected chi connectivity index (χ3v) is 4.46. The number of amides is 1. The van der Waals surface area contributed by atoms with Crippen LogP contribution in [0.5, 0.6) is 0 Å². The van der Waals surface area contributed by atoms with E-state index in [2.05, 4.69) is 5.32 Å². The first kappa shape index (κ1) is 12.9. The van der Waals surface area contributed by atoms with Gasteiger partial charge in [-0.2, -0.15) is 0 Å². The molecule has 0 bridgehead atoms. The van der Waals surface area contributed by atoms with E-state index in [4.69, 9.17) is 5.73 Å². The van der Waals surface area contributed by atoms with Crippen LogP contribution in [0.25, 0.3) is 0 Å². The monoisotopic (exact) mass is 238 g/mol. The highest BCUT2D eigenvalue weighted by Crippen LogP contribution is 2.30. The van der Waals surface area contributed by atoms with Crippen molar-refractivity contribution in [1.29, 1.82) is 0 Å². The smallest absolute Gasteiger partial charge is 0.221 e. The minimum atomic E-state index is -0.197. The van der Waals surface area contributed by atoms with Crippen molar-refractivity contribution in [3.63, 3.8) is 0 Å². The van der Waals surface area contributed by atoms with Gasteiger partial charge >= 0.3 is 0 Å². The standard InChI is InChI=1S/C14H26N2O/c15-14(8-3-4-9-14)11-13(17)16-10-7-12-5-1-2-6-12/h12H,1-11,15H2,(H,16,17). The van der Waals surface area contributed by atoms with E-state index in [0.717, 1.165) is 31.7 Å². The van der Waals surface area contributed by atoms with Crippen molar-refractivity contribution in [3.05, 3.63) is 0 Å². The van der Waals surface area contributed by atoms with Crippen molar-refractivity contribution in [1.82, 2.24) is 5.32 Å². The molecule has 0 heterocycles. The van der Waals surface area contributed by atoms with Gasteiger partial charge in [0.1, 0.15) is 0 Å². The first-order valence-electron chi connectivity index (χ1n) is 7.24. The van der Waals surface area contributed by atoms with Crippen molar-refractivity contribution in [2.24, 2.45) is 11.7 Å². The van der Waals surface area contributed by atoms with E-state index in [1.54, 1.807) is 0 Å². The van der Waals surface area contributed by atoms with Crippen LogP contribution in [-0.4, -0.2) is 18.0 Å². The zero-order valence-electron chi connectivity index (χ0n) is 10.8. The number of hydrogen-bond acceptors (Lipinski definition) is 2. The lowest BCUT2D eigenvalue weighted by Crippen LogP contribution is -2.42. The third kappa shape index (κ3) is 3.98. The van der Waals surface area contributed by atoms with Gasteiger partial charge in [-0.15, -0.1) is 0 Å². The summed E-state index contributed by atoms with van der Waals surface area (Å²) in [4.78, 5) is 11.8. The predicted octanol–water partition coefficient (Wildman–Crippen LogP) is 2.34. The van der Waals surface area contributed by atoms with E-state index >= 15 is 0 Å². The molecule has 0 radical (unpaired) electrons. The van der Waals surface area contributed by atoms with Gasteiger partial charge in [0.2, 0.25) is 5.91 Å². The highest BCUT2D eigenvalue weighted by molar-refractivity contribution is 5.77. The SMILES string of the molecule is NC1(CC(=O)NCCC2CCCC2)CCCC1. The molecule has 98 valence electrons. The van der Waals surface area contributed by atoms with Gasteiger partial charge in [-0.1, -0.05) is 38.5 Å². The molecule has 1 amide bonds. The first-order chi connectivity index (χ1) is 8.18.